The Labute approximate surface area is 161 Å². The second-order valence-electron chi connectivity index (χ2n) is 6.22. The summed E-state index contributed by atoms with van der Waals surface area (Å²) in [5, 5.41) is 9.57. The van der Waals surface area contributed by atoms with Crippen molar-refractivity contribution in [3.63, 3.8) is 0 Å². The lowest BCUT2D eigenvalue weighted by atomic mass is 10.1. The van der Waals surface area contributed by atoms with Crippen LogP contribution < -0.4 is 4.74 Å². The maximum atomic E-state index is 13.7. The Bertz CT molecular complexity index is 1170. The minimum Gasteiger partial charge on any atom is -0.489 e. The molecule has 1 N–H and O–H groups in total. The van der Waals surface area contributed by atoms with Crippen LogP contribution in [-0.4, -0.2) is 9.97 Å². The van der Waals surface area contributed by atoms with Crippen molar-refractivity contribution in [3.8, 4) is 11.8 Å². The Morgan fingerprint density at radius 1 is 1.07 bits per heavy atom. The molecular formula is C23H16FN3O. The molecule has 0 radical (unpaired) electrons. The zero-order chi connectivity index (χ0) is 19.3. The van der Waals surface area contributed by atoms with Gasteiger partial charge in [-0.25, -0.2) is 9.37 Å². The van der Waals surface area contributed by atoms with Crippen molar-refractivity contribution >= 4 is 22.7 Å². The Morgan fingerprint density at radius 2 is 1.89 bits per heavy atom. The second kappa shape index (κ2) is 7.77. The standard InChI is InChI=1S/C23H16FN3O/c24-20-9-2-1-7-17(20)15-28-19-8-5-6-16(13-19)12-18(14-25)23-26-21-10-3-4-11-22(21)27-23/h1-13H,15H2,(H,26,27)/b18-12+. The summed E-state index contributed by atoms with van der Waals surface area (Å²) in [5.41, 5.74) is 3.38. The summed E-state index contributed by atoms with van der Waals surface area (Å²) < 4.78 is 19.4. The van der Waals surface area contributed by atoms with Gasteiger partial charge < -0.3 is 9.72 Å². The highest BCUT2D eigenvalue weighted by molar-refractivity contribution is 5.90. The van der Waals surface area contributed by atoms with Crippen LogP contribution in [0, 0.1) is 17.1 Å². The van der Waals surface area contributed by atoms with Crippen LogP contribution in [0.1, 0.15) is 17.0 Å². The molecular weight excluding hydrogens is 353 g/mol. The van der Waals surface area contributed by atoms with Gasteiger partial charge in [-0.1, -0.05) is 42.5 Å². The van der Waals surface area contributed by atoms with E-state index in [9.17, 15) is 9.65 Å². The molecule has 0 atom stereocenters. The van der Waals surface area contributed by atoms with Crippen LogP contribution in [0.4, 0.5) is 4.39 Å². The highest BCUT2D eigenvalue weighted by Gasteiger charge is 2.08. The van der Waals surface area contributed by atoms with Gasteiger partial charge in [0.15, 0.2) is 0 Å². The number of hydrogen-bond acceptors (Lipinski definition) is 3. The number of aromatic nitrogens is 2. The van der Waals surface area contributed by atoms with E-state index >= 15 is 0 Å². The zero-order valence-electron chi connectivity index (χ0n) is 14.9. The van der Waals surface area contributed by atoms with Crippen LogP contribution in [0.25, 0.3) is 22.7 Å². The number of H-pyrrole nitrogens is 1. The van der Waals surface area contributed by atoms with E-state index in [1.165, 1.54) is 6.07 Å². The summed E-state index contributed by atoms with van der Waals surface area (Å²) in [5.74, 6) is 0.815. The van der Waals surface area contributed by atoms with Gasteiger partial charge in [0.2, 0.25) is 0 Å². The maximum absolute atomic E-state index is 13.7. The summed E-state index contributed by atoms with van der Waals surface area (Å²) in [4.78, 5) is 7.63. The number of nitrogens with zero attached hydrogens (tertiary/aromatic N) is 2. The number of halogens is 1. The number of nitriles is 1. The number of aromatic amines is 1. The highest BCUT2D eigenvalue weighted by Crippen LogP contribution is 2.22. The molecule has 0 spiro atoms. The third-order valence-electron chi connectivity index (χ3n) is 4.29. The first-order valence-corrected chi connectivity index (χ1v) is 8.76. The molecule has 4 nitrogen and oxygen atoms in total. The number of imidazole rings is 1. The largest absolute Gasteiger partial charge is 0.489 e. The zero-order valence-corrected chi connectivity index (χ0v) is 14.9. The molecule has 0 fully saturated rings. The summed E-state index contributed by atoms with van der Waals surface area (Å²) in [7, 11) is 0. The van der Waals surface area contributed by atoms with Crippen LogP contribution >= 0.6 is 0 Å². The predicted molar refractivity (Wildman–Crippen MR) is 107 cm³/mol. The number of benzene rings is 3. The van der Waals surface area contributed by atoms with Gasteiger partial charge in [0.05, 0.1) is 16.6 Å². The van der Waals surface area contributed by atoms with E-state index < -0.39 is 0 Å². The number of rotatable bonds is 5. The summed E-state index contributed by atoms with van der Waals surface area (Å²) in [6.45, 7) is 0.133. The number of allylic oxidation sites excluding steroid dienone is 1. The molecule has 0 saturated carbocycles. The fourth-order valence-electron chi connectivity index (χ4n) is 2.87. The summed E-state index contributed by atoms with van der Waals surface area (Å²) in [6, 6.07) is 23.6. The van der Waals surface area contributed by atoms with Crippen molar-refractivity contribution in [2.75, 3.05) is 0 Å². The number of fused-ring (bicyclic) bond motifs is 1. The maximum Gasteiger partial charge on any atom is 0.149 e. The quantitative estimate of drug-likeness (QED) is 0.483. The van der Waals surface area contributed by atoms with Gasteiger partial charge >= 0.3 is 0 Å². The topological polar surface area (TPSA) is 61.7 Å². The monoisotopic (exact) mass is 369 g/mol. The Morgan fingerprint density at radius 3 is 2.71 bits per heavy atom. The van der Waals surface area contributed by atoms with Crippen LogP contribution in [0.2, 0.25) is 0 Å². The molecule has 0 aliphatic carbocycles. The number of nitrogens with one attached hydrogen (secondary N) is 1. The van der Waals surface area contributed by atoms with Gasteiger partial charge in [-0.15, -0.1) is 0 Å². The Hall–Kier alpha value is -3.91. The van der Waals surface area contributed by atoms with Crippen molar-refractivity contribution < 1.29 is 9.13 Å². The van der Waals surface area contributed by atoms with E-state index in [-0.39, 0.29) is 12.4 Å². The van der Waals surface area contributed by atoms with Gasteiger partial charge in [0.1, 0.15) is 30.1 Å². The fraction of sp³-hybridized carbons (Fsp3) is 0.0435. The van der Waals surface area contributed by atoms with Gasteiger partial charge in [-0.3, -0.25) is 0 Å². The number of ether oxygens (including phenoxy) is 1. The molecule has 0 aliphatic rings. The SMILES string of the molecule is N#C/C(=C\c1cccc(OCc2ccccc2F)c1)c1nc2ccccc2[nH]1. The molecule has 1 heterocycles. The van der Waals surface area contributed by atoms with E-state index in [2.05, 4.69) is 16.0 Å². The Balaban J connectivity index is 1.57. The molecule has 5 heteroatoms. The molecule has 3 aromatic carbocycles. The Kier molecular flexibility index (Phi) is 4.85. The van der Waals surface area contributed by atoms with E-state index in [1.807, 2.05) is 36.4 Å². The normalized spacial score (nSPS) is 11.4. The van der Waals surface area contributed by atoms with E-state index in [1.54, 1.807) is 36.4 Å². The van der Waals surface area contributed by atoms with Gasteiger partial charge in [-0.2, -0.15) is 5.26 Å². The van der Waals surface area contributed by atoms with Crippen molar-refractivity contribution in [2.45, 2.75) is 6.61 Å². The van der Waals surface area contributed by atoms with Crippen molar-refractivity contribution in [1.29, 1.82) is 5.26 Å². The average molecular weight is 369 g/mol. The first-order chi connectivity index (χ1) is 13.7. The first-order valence-electron chi connectivity index (χ1n) is 8.76. The van der Waals surface area contributed by atoms with Crippen molar-refractivity contribution in [3.05, 3.63) is 95.6 Å². The molecule has 4 rings (SSSR count). The third-order valence-corrected chi connectivity index (χ3v) is 4.29. The van der Waals surface area contributed by atoms with Gasteiger partial charge in [0.25, 0.3) is 0 Å². The van der Waals surface area contributed by atoms with E-state index in [0.29, 0.717) is 22.7 Å². The van der Waals surface area contributed by atoms with Crippen LogP contribution in [0.3, 0.4) is 0 Å². The van der Waals surface area contributed by atoms with E-state index in [0.717, 1.165) is 16.6 Å². The number of para-hydroxylation sites is 2. The van der Waals surface area contributed by atoms with Crippen molar-refractivity contribution in [1.82, 2.24) is 9.97 Å². The van der Waals surface area contributed by atoms with Gasteiger partial charge in [0, 0.05) is 5.56 Å². The molecule has 1 aromatic heterocycles. The molecule has 0 aliphatic heterocycles. The predicted octanol–water partition coefficient (Wildman–Crippen LogP) is 5.35. The second-order valence-corrected chi connectivity index (χ2v) is 6.22. The lowest BCUT2D eigenvalue weighted by Crippen LogP contribution is -1.98. The van der Waals surface area contributed by atoms with E-state index in [4.69, 9.17) is 4.74 Å². The average Bonchev–Trinajstić information content (AvgIpc) is 3.16. The highest BCUT2D eigenvalue weighted by atomic mass is 19.1. The van der Waals surface area contributed by atoms with Gasteiger partial charge in [-0.05, 0) is 42.0 Å². The smallest absolute Gasteiger partial charge is 0.149 e. The van der Waals surface area contributed by atoms with Crippen LogP contribution in [0.15, 0.2) is 72.8 Å². The third kappa shape index (κ3) is 3.76. The lowest BCUT2D eigenvalue weighted by molar-refractivity contribution is 0.300. The molecule has 28 heavy (non-hydrogen) atoms. The molecule has 0 amide bonds. The lowest BCUT2D eigenvalue weighted by Gasteiger charge is -2.08. The van der Waals surface area contributed by atoms with Crippen LogP contribution in [0.5, 0.6) is 5.75 Å². The fourth-order valence-corrected chi connectivity index (χ4v) is 2.87. The van der Waals surface area contributed by atoms with Crippen LogP contribution in [-0.2, 0) is 6.61 Å². The molecule has 0 unspecified atom stereocenters. The number of hydrogen-bond donors (Lipinski definition) is 1. The first kappa shape index (κ1) is 17.5. The molecule has 0 saturated heterocycles. The molecule has 4 aromatic rings. The molecule has 0 bridgehead atoms. The minimum atomic E-state index is -0.296. The van der Waals surface area contributed by atoms with Crippen molar-refractivity contribution in [2.24, 2.45) is 0 Å². The summed E-state index contributed by atoms with van der Waals surface area (Å²) in [6.07, 6.45) is 1.74. The minimum absolute atomic E-state index is 0.133. The molecule has 136 valence electrons. The summed E-state index contributed by atoms with van der Waals surface area (Å²) >= 11 is 0.